The van der Waals surface area contributed by atoms with E-state index in [-0.39, 0.29) is 5.57 Å². The molecule has 122 valence electrons. The first kappa shape index (κ1) is 16.5. The quantitative estimate of drug-likeness (QED) is 0.515. The molecule has 1 aliphatic rings. The summed E-state index contributed by atoms with van der Waals surface area (Å²) in [4.78, 5) is 35.1. The lowest BCUT2D eigenvalue weighted by molar-refractivity contribution is -0.222. The molecule has 2 rings (SSSR count). The van der Waals surface area contributed by atoms with Crippen LogP contribution in [0.4, 0.5) is 5.69 Å². The van der Waals surface area contributed by atoms with Gasteiger partial charge in [-0.15, -0.1) is 0 Å². The van der Waals surface area contributed by atoms with E-state index in [1.165, 1.54) is 20.0 Å². The van der Waals surface area contributed by atoms with Gasteiger partial charge >= 0.3 is 17.9 Å². The van der Waals surface area contributed by atoms with Crippen LogP contribution in [0.2, 0.25) is 0 Å². The summed E-state index contributed by atoms with van der Waals surface area (Å²) in [5, 5.41) is 2.78. The molecule has 0 spiro atoms. The second-order valence-electron chi connectivity index (χ2n) is 5.18. The van der Waals surface area contributed by atoms with Crippen LogP contribution < -0.4 is 5.32 Å². The number of cyclic esters (lactones) is 2. The van der Waals surface area contributed by atoms with Gasteiger partial charge in [0.25, 0.3) is 5.79 Å². The van der Waals surface area contributed by atoms with Gasteiger partial charge in [-0.2, -0.15) is 0 Å². The second-order valence-corrected chi connectivity index (χ2v) is 5.18. The molecule has 0 aromatic heterocycles. The highest BCUT2D eigenvalue weighted by Gasteiger charge is 2.38. The zero-order chi connectivity index (χ0) is 17.0. The van der Waals surface area contributed by atoms with E-state index in [1.54, 1.807) is 31.2 Å². The maximum absolute atomic E-state index is 11.8. The molecular weight excluding hydrogens is 302 g/mol. The van der Waals surface area contributed by atoms with Crippen LogP contribution in [0, 0.1) is 0 Å². The Balaban J connectivity index is 2.07. The van der Waals surface area contributed by atoms with E-state index >= 15 is 0 Å². The molecule has 0 saturated carbocycles. The van der Waals surface area contributed by atoms with E-state index in [2.05, 4.69) is 5.32 Å². The number of carbonyl (C=O) groups excluding carboxylic acids is 3. The topological polar surface area (TPSA) is 90.9 Å². The van der Waals surface area contributed by atoms with Gasteiger partial charge in [-0.25, -0.2) is 14.4 Å². The van der Waals surface area contributed by atoms with Crippen molar-refractivity contribution in [3.05, 3.63) is 41.6 Å². The number of hydrogen-bond acceptors (Lipinski definition) is 7. The molecule has 0 amide bonds. The molecule has 7 heteroatoms. The molecule has 0 unspecified atom stereocenters. The van der Waals surface area contributed by atoms with Gasteiger partial charge in [0, 0.05) is 25.7 Å². The molecule has 0 radical (unpaired) electrons. The van der Waals surface area contributed by atoms with E-state index in [9.17, 15) is 14.4 Å². The maximum Gasteiger partial charge on any atom is 0.350 e. The van der Waals surface area contributed by atoms with E-state index in [0.717, 1.165) is 0 Å². The summed E-state index contributed by atoms with van der Waals surface area (Å²) in [6, 6.07) is 6.37. The third-order valence-electron chi connectivity index (χ3n) is 2.90. The predicted octanol–water partition coefficient (Wildman–Crippen LogP) is 2.00. The Morgan fingerprint density at radius 2 is 1.74 bits per heavy atom. The summed E-state index contributed by atoms with van der Waals surface area (Å²) in [6.07, 6.45) is 1.21. The van der Waals surface area contributed by atoms with E-state index < -0.39 is 23.7 Å². The van der Waals surface area contributed by atoms with Crippen LogP contribution in [-0.4, -0.2) is 30.3 Å². The van der Waals surface area contributed by atoms with Crippen LogP contribution in [0.1, 0.15) is 31.1 Å². The van der Waals surface area contributed by atoms with Crippen LogP contribution >= 0.6 is 0 Å². The lowest BCUT2D eigenvalue weighted by atomic mass is 10.2. The van der Waals surface area contributed by atoms with Crippen molar-refractivity contribution >= 4 is 23.6 Å². The van der Waals surface area contributed by atoms with Gasteiger partial charge in [0.2, 0.25) is 0 Å². The van der Waals surface area contributed by atoms with Gasteiger partial charge in [0.1, 0.15) is 0 Å². The number of benzene rings is 1. The Morgan fingerprint density at radius 3 is 2.26 bits per heavy atom. The number of nitrogens with one attached hydrogen (secondary N) is 1. The highest BCUT2D eigenvalue weighted by molar-refractivity contribution is 6.15. The molecule has 0 atom stereocenters. The maximum atomic E-state index is 11.8. The van der Waals surface area contributed by atoms with Gasteiger partial charge in [0.05, 0.1) is 12.2 Å². The number of anilines is 1. The largest absolute Gasteiger partial charge is 0.462 e. The Hall–Kier alpha value is -2.83. The minimum absolute atomic E-state index is 0.237. The van der Waals surface area contributed by atoms with Gasteiger partial charge in [-0.1, -0.05) is 0 Å². The summed E-state index contributed by atoms with van der Waals surface area (Å²) in [7, 11) is 0. The molecule has 7 nitrogen and oxygen atoms in total. The highest BCUT2D eigenvalue weighted by atomic mass is 16.7. The van der Waals surface area contributed by atoms with Crippen LogP contribution in [0.3, 0.4) is 0 Å². The summed E-state index contributed by atoms with van der Waals surface area (Å²) >= 11 is 0. The lowest BCUT2D eigenvalue weighted by Crippen LogP contribution is -2.42. The smallest absolute Gasteiger partial charge is 0.350 e. The SMILES string of the molecule is CCOC(=O)c1ccc(NC=C2C(=O)OC(C)(C)OC2=O)cc1. The van der Waals surface area contributed by atoms with Gasteiger partial charge in [0.15, 0.2) is 5.57 Å². The predicted molar refractivity (Wildman–Crippen MR) is 80.4 cm³/mol. The zero-order valence-corrected chi connectivity index (χ0v) is 13.0. The van der Waals surface area contributed by atoms with Crippen molar-refractivity contribution in [3.63, 3.8) is 0 Å². The number of esters is 3. The second kappa shape index (κ2) is 6.51. The lowest BCUT2D eigenvalue weighted by Gasteiger charge is -2.29. The third-order valence-corrected chi connectivity index (χ3v) is 2.90. The summed E-state index contributed by atoms with van der Waals surface area (Å²) in [6.45, 7) is 4.97. The fourth-order valence-electron chi connectivity index (χ4n) is 1.85. The molecule has 1 fully saturated rings. The molecular formula is C16H17NO6. The molecule has 1 aliphatic heterocycles. The first-order valence-electron chi connectivity index (χ1n) is 7.03. The molecule has 0 bridgehead atoms. The Kier molecular flexibility index (Phi) is 4.68. The average Bonchev–Trinajstić information content (AvgIpc) is 2.46. The minimum Gasteiger partial charge on any atom is -0.462 e. The van der Waals surface area contributed by atoms with Crippen LogP contribution in [0.15, 0.2) is 36.0 Å². The number of hydrogen-bond donors (Lipinski definition) is 1. The van der Waals surface area contributed by atoms with Gasteiger partial charge < -0.3 is 19.5 Å². The first-order chi connectivity index (χ1) is 10.8. The van der Waals surface area contributed by atoms with E-state index in [0.29, 0.717) is 17.9 Å². The third kappa shape index (κ3) is 4.09. The van der Waals surface area contributed by atoms with Crippen LogP contribution in [0.5, 0.6) is 0 Å². The van der Waals surface area contributed by atoms with Crippen molar-refractivity contribution in [2.75, 3.05) is 11.9 Å². The first-order valence-corrected chi connectivity index (χ1v) is 7.03. The monoisotopic (exact) mass is 319 g/mol. The summed E-state index contributed by atoms with van der Waals surface area (Å²) in [5.41, 5.74) is 0.748. The van der Waals surface area contributed by atoms with Crippen molar-refractivity contribution in [1.82, 2.24) is 0 Å². The number of ether oxygens (including phenoxy) is 3. The molecule has 1 aromatic rings. The van der Waals surface area contributed by atoms with Gasteiger partial charge in [-0.05, 0) is 31.2 Å². The molecule has 1 heterocycles. The Labute approximate surface area is 133 Å². The van der Waals surface area contributed by atoms with Crippen LogP contribution in [0.25, 0.3) is 0 Å². The van der Waals surface area contributed by atoms with Crippen LogP contribution in [-0.2, 0) is 23.8 Å². The highest BCUT2D eigenvalue weighted by Crippen LogP contribution is 2.22. The minimum atomic E-state index is -1.27. The van der Waals surface area contributed by atoms with Crippen molar-refractivity contribution in [3.8, 4) is 0 Å². The van der Waals surface area contributed by atoms with E-state index in [4.69, 9.17) is 14.2 Å². The molecule has 0 aliphatic carbocycles. The van der Waals surface area contributed by atoms with Crippen molar-refractivity contribution < 1.29 is 28.6 Å². The van der Waals surface area contributed by atoms with E-state index in [1.807, 2.05) is 0 Å². The normalized spacial score (nSPS) is 16.2. The molecule has 1 aromatic carbocycles. The molecule has 1 saturated heterocycles. The van der Waals surface area contributed by atoms with Crippen molar-refractivity contribution in [2.24, 2.45) is 0 Å². The van der Waals surface area contributed by atoms with Gasteiger partial charge in [-0.3, -0.25) is 0 Å². The Morgan fingerprint density at radius 1 is 1.17 bits per heavy atom. The molecule has 1 N–H and O–H groups in total. The fourth-order valence-corrected chi connectivity index (χ4v) is 1.85. The standard InChI is InChI=1S/C16H17NO6/c1-4-21-13(18)10-5-7-11(8-6-10)17-9-12-14(19)22-16(2,3)23-15(12)20/h5-9,17H,4H2,1-3H3. The van der Waals surface area contributed by atoms with Crippen molar-refractivity contribution in [2.45, 2.75) is 26.6 Å². The fraction of sp³-hybridized carbons (Fsp3) is 0.312. The average molecular weight is 319 g/mol. The number of carbonyl (C=O) groups is 3. The van der Waals surface area contributed by atoms with Crippen molar-refractivity contribution in [1.29, 1.82) is 0 Å². The number of rotatable bonds is 4. The zero-order valence-electron chi connectivity index (χ0n) is 13.0. The summed E-state index contributed by atoms with van der Waals surface area (Å²) < 4.78 is 14.8. The summed E-state index contributed by atoms with van der Waals surface area (Å²) in [5.74, 6) is -3.21. The molecule has 23 heavy (non-hydrogen) atoms. The Bertz CT molecular complexity index is 638.